The molecule has 0 aromatic heterocycles. The van der Waals surface area contributed by atoms with Crippen LogP contribution in [0.15, 0.2) is 28.7 Å². The van der Waals surface area contributed by atoms with Crippen molar-refractivity contribution in [3.63, 3.8) is 0 Å². The number of anilines is 1. The van der Waals surface area contributed by atoms with E-state index in [-0.39, 0.29) is 5.97 Å². The van der Waals surface area contributed by atoms with E-state index in [4.69, 9.17) is 4.74 Å². The maximum atomic E-state index is 12.1. The highest BCUT2D eigenvalue weighted by Gasteiger charge is 2.32. The Hall–Kier alpha value is -1.11. The molecule has 2 aliphatic heterocycles. The number of carbonyl (C=O) groups is 1. The van der Waals surface area contributed by atoms with E-state index < -0.39 is 5.60 Å². The lowest BCUT2D eigenvalue weighted by Crippen LogP contribution is -2.58. The average molecular weight is 480 g/mol. The predicted molar refractivity (Wildman–Crippen MR) is 127 cm³/mol. The molecule has 2 atom stereocenters. The molecule has 6 heteroatoms. The van der Waals surface area contributed by atoms with Gasteiger partial charge in [0.15, 0.2) is 0 Å². The maximum absolute atomic E-state index is 12.1. The summed E-state index contributed by atoms with van der Waals surface area (Å²) in [7, 11) is 0. The van der Waals surface area contributed by atoms with Crippen LogP contribution in [0.1, 0.15) is 47.5 Å². The number of hydrogen-bond donors (Lipinski definition) is 0. The molecule has 0 radical (unpaired) electrons. The molecule has 0 N–H and O–H groups in total. The van der Waals surface area contributed by atoms with Crippen molar-refractivity contribution < 1.29 is 9.53 Å². The number of nitrogens with zero attached hydrogens (tertiary/aromatic N) is 3. The number of piperidine rings is 1. The largest absolute Gasteiger partial charge is 0.459 e. The molecular weight excluding hydrogens is 442 g/mol. The first-order valence-electron chi connectivity index (χ1n) is 11.3. The summed E-state index contributed by atoms with van der Waals surface area (Å²) in [5.41, 5.74) is 0.912. The number of halogens is 1. The molecular formula is C24H38BrN3O2. The smallest absolute Gasteiger partial charge is 0.320 e. The number of hydrogen-bond acceptors (Lipinski definition) is 5. The normalized spacial score (nSPS) is 24.8. The summed E-state index contributed by atoms with van der Waals surface area (Å²) in [5, 5.41) is 0. The Labute approximate surface area is 190 Å². The van der Waals surface area contributed by atoms with Gasteiger partial charge in [-0.15, -0.1) is 0 Å². The summed E-state index contributed by atoms with van der Waals surface area (Å²) in [6.45, 7) is 16.3. The Morgan fingerprint density at radius 1 is 1.03 bits per heavy atom. The van der Waals surface area contributed by atoms with Crippen LogP contribution in [-0.2, 0) is 9.53 Å². The highest BCUT2D eigenvalue weighted by Crippen LogP contribution is 2.28. The Morgan fingerprint density at radius 3 is 2.13 bits per heavy atom. The molecule has 0 aliphatic carbocycles. The van der Waals surface area contributed by atoms with Crippen molar-refractivity contribution in [1.82, 2.24) is 9.80 Å². The number of piperazine rings is 1. The highest BCUT2D eigenvalue weighted by molar-refractivity contribution is 9.10. The number of ether oxygens (including phenoxy) is 1. The van der Waals surface area contributed by atoms with Crippen LogP contribution in [-0.4, -0.2) is 72.7 Å². The molecule has 30 heavy (non-hydrogen) atoms. The van der Waals surface area contributed by atoms with Crippen molar-refractivity contribution >= 4 is 27.6 Å². The van der Waals surface area contributed by atoms with Crippen LogP contribution in [0.4, 0.5) is 5.69 Å². The predicted octanol–water partition coefficient (Wildman–Crippen LogP) is 4.40. The van der Waals surface area contributed by atoms with E-state index >= 15 is 0 Å². The lowest BCUT2D eigenvalue weighted by Gasteiger charge is -2.47. The average Bonchev–Trinajstić information content (AvgIpc) is 2.63. The summed E-state index contributed by atoms with van der Waals surface area (Å²) in [6.07, 6.45) is 2.33. The van der Waals surface area contributed by atoms with E-state index in [1.54, 1.807) is 0 Å². The molecule has 1 aromatic carbocycles. The van der Waals surface area contributed by atoms with Crippen molar-refractivity contribution in [2.45, 2.75) is 65.1 Å². The summed E-state index contributed by atoms with van der Waals surface area (Å²) >= 11 is 3.54. The van der Waals surface area contributed by atoms with Gasteiger partial charge in [-0.05, 0) is 90.7 Å². The molecule has 0 amide bonds. The van der Waals surface area contributed by atoms with E-state index in [2.05, 4.69) is 68.7 Å². The molecule has 5 nitrogen and oxygen atoms in total. The lowest BCUT2D eigenvalue weighted by atomic mass is 9.95. The van der Waals surface area contributed by atoms with E-state index in [1.807, 2.05) is 20.8 Å². The zero-order chi connectivity index (χ0) is 21.9. The standard InChI is InChI=1S/C24H38BrN3O2/c1-18-14-27(15-19(2)28(18)22-8-6-21(25)7-9-22)16-20-10-12-26(13-11-20)17-23(29)30-24(3,4)5/h6-9,18-20H,10-17H2,1-5H3/t18-,19+. The van der Waals surface area contributed by atoms with Crippen LogP contribution in [0.25, 0.3) is 0 Å². The Balaban J connectivity index is 1.45. The molecule has 2 saturated heterocycles. The fraction of sp³-hybridized carbons (Fsp3) is 0.708. The molecule has 0 saturated carbocycles. The molecule has 3 rings (SSSR count). The summed E-state index contributed by atoms with van der Waals surface area (Å²) in [4.78, 5) is 19.5. The van der Waals surface area contributed by atoms with Gasteiger partial charge in [-0.2, -0.15) is 0 Å². The van der Waals surface area contributed by atoms with Crippen molar-refractivity contribution in [3.8, 4) is 0 Å². The second-order valence-electron chi connectivity index (χ2n) is 10.1. The molecule has 168 valence electrons. The Kier molecular flexibility index (Phi) is 7.86. The van der Waals surface area contributed by atoms with Gasteiger partial charge >= 0.3 is 5.97 Å². The summed E-state index contributed by atoms with van der Waals surface area (Å²) in [6, 6.07) is 9.70. The number of carbonyl (C=O) groups excluding carboxylic acids is 1. The second kappa shape index (κ2) is 10.0. The van der Waals surface area contributed by atoms with E-state index in [0.717, 1.165) is 36.6 Å². The number of rotatable bonds is 5. The van der Waals surface area contributed by atoms with Gasteiger partial charge in [-0.3, -0.25) is 14.6 Å². The topological polar surface area (TPSA) is 36.0 Å². The number of esters is 1. The van der Waals surface area contributed by atoms with Crippen molar-refractivity contribution in [1.29, 1.82) is 0 Å². The van der Waals surface area contributed by atoms with Crippen LogP contribution in [0, 0.1) is 5.92 Å². The first-order chi connectivity index (χ1) is 14.1. The monoisotopic (exact) mass is 479 g/mol. The lowest BCUT2D eigenvalue weighted by molar-refractivity contribution is -0.156. The van der Waals surface area contributed by atoms with Crippen LogP contribution >= 0.6 is 15.9 Å². The van der Waals surface area contributed by atoms with Gasteiger partial charge in [-0.1, -0.05) is 15.9 Å². The zero-order valence-electron chi connectivity index (χ0n) is 19.2. The fourth-order valence-electron chi connectivity index (χ4n) is 4.95. The molecule has 1 aromatic rings. The first kappa shape index (κ1) is 23.6. The van der Waals surface area contributed by atoms with Gasteiger partial charge in [0, 0.05) is 41.9 Å². The van der Waals surface area contributed by atoms with E-state index in [9.17, 15) is 4.79 Å². The van der Waals surface area contributed by atoms with Gasteiger partial charge < -0.3 is 9.64 Å². The minimum absolute atomic E-state index is 0.104. The van der Waals surface area contributed by atoms with Gasteiger partial charge in [0.25, 0.3) is 0 Å². The first-order valence-corrected chi connectivity index (χ1v) is 12.1. The highest BCUT2D eigenvalue weighted by atomic mass is 79.9. The number of likely N-dealkylation sites (tertiary alicyclic amines) is 1. The number of benzene rings is 1. The second-order valence-corrected chi connectivity index (χ2v) is 11.0. The van der Waals surface area contributed by atoms with Gasteiger partial charge in [-0.25, -0.2) is 0 Å². The summed E-state index contributed by atoms with van der Waals surface area (Å²) in [5.74, 6) is 0.617. The SMILES string of the molecule is C[C@@H]1CN(CC2CCN(CC(=O)OC(C)(C)C)CC2)C[C@H](C)N1c1ccc(Br)cc1. The van der Waals surface area contributed by atoms with Gasteiger partial charge in [0.1, 0.15) is 5.60 Å². The quantitative estimate of drug-likeness (QED) is 0.584. The summed E-state index contributed by atoms with van der Waals surface area (Å²) < 4.78 is 6.60. The van der Waals surface area contributed by atoms with E-state index in [1.165, 1.54) is 25.1 Å². The molecule has 2 fully saturated rings. The van der Waals surface area contributed by atoms with Gasteiger partial charge in [0.2, 0.25) is 0 Å². The minimum atomic E-state index is -0.402. The van der Waals surface area contributed by atoms with Crippen LogP contribution in [0.3, 0.4) is 0 Å². The zero-order valence-corrected chi connectivity index (χ0v) is 20.8. The molecule has 2 aliphatic rings. The van der Waals surface area contributed by atoms with Crippen molar-refractivity contribution in [2.24, 2.45) is 5.92 Å². The third-order valence-corrected chi connectivity index (χ3v) is 6.64. The third-order valence-electron chi connectivity index (χ3n) is 6.12. The Morgan fingerprint density at radius 2 is 1.60 bits per heavy atom. The molecule has 0 bridgehead atoms. The third kappa shape index (κ3) is 6.69. The molecule has 0 spiro atoms. The maximum Gasteiger partial charge on any atom is 0.320 e. The van der Waals surface area contributed by atoms with Crippen molar-refractivity contribution in [3.05, 3.63) is 28.7 Å². The van der Waals surface area contributed by atoms with Crippen molar-refractivity contribution in [2.75, 3.05) is 44.2 Å². The molecule has 0 unspecified atom stereocenters. The van der Waals surface area contributed by atoms with Crippen LogP contribution < -0.4 is 4.90 Å². The van der Waals surface area contributed by atoms with Crippen LogP contribution in [0.5, 0.6) is 0 Å². The Bertz CT molecular complexity index is 683. The fourth-order valence-corrected chi connectivity index (χ4v) is 5.22. The van der Waals surface area contributed by atoms with Gasteiger partial charge in [0.05, 0.1) is 6.54 Å². The minimum Gasteiger partial charge on any atom is -0.459 e. The van der Waals surface area contributed by atoms with E-state index in [0.29, 0.717) is 18.6 Å². The molecule has 2 heterocycles. The van der Waals surface area contributed by atoms with Crippen LogP contribution in [0.2, 0.25) is 0 Å².